The van der Waals surface area contributed by atoms with Crippen molar-refractivity contribution in [2.75, 3.05) is 39.4 Å². The van der Waals surface area contributed by atoms with Gasteiger partial charge in [0.15, 0.2) is 0 Å². The lowest BCUT2D eigenvalue weighted by molar-refractivity contribution is -0.0172. The second kappa shape index (κ2) is 6.55. The highest BCUT2D eigenvalue weighted by atomic mass is 16.5. The van der Waals surface area contributed by atoms with Gasteiger partial charge in [-0.3, -0.25) is 4.90 Å². The second-order valence-corrected chi connectivity index (χ2v) is 6.86. The Balaban J connectivity index is 1.49. The van der Waals surface area contributed by atoms with Crippen LogP contribution in [0.15, 0.2) is 0 Å². The Hall–Kier alpha value is -0.120. The maximum Gasteiger partial charge on any atom is 0.0634 e. The van der Waals surface area contributed by atoms with Crippen LogP contribution in [-0.2, 0) is 4.74 Å². The normalized spacial score (nSPS) is 39.0. The van der Waals surface area contributed by atoms with Crippen molar-refractivity contribution in [3.05, 3.63) is 0 Å². The second-order valence-electron chi connectivity index (χ2n) is 6.86. The fraction of sp³-hybridized carbons (Fsp3) is 1.00. The predicted molar refractivity (Wildman–Crippen MR) is 78.3 cm³/mol. The standard InChI is InChI=1S/C16H30N2O/c1-2-5-17-10-16-12-19-7-6-18(16)11-15-9-13-3-4-14(15)8-13/h13-17H,2-12H2,1H3. The molecule has 2 aliphatic carbocycles. The minimum atomic E-state index is 0.611. The van der Waals surface area contributed by atoms with Crippen LogP contribution >= 0.6 is 0 Å². The molecule has 0 aromatic carbocycles. The molecule has 3 aliphatic rings. The fourth-order valence-corrected chi connectivity index (χ4v) is 4.46. The van der Waals surface area contributed by atoms with Crippen molar-refractivity contribution in [2.45, 2.75) is 45.1 Å². The van der Waals surface area contributed by atoms with Gasteiger partial charge in [-0.05, 0) is 50.0 Å². The van der Waals surface area contributed by atoms with Gasteiger partial charge in [0.05, 0.1) is 13.2 Å². The van der Waals surface area contributed by atoms with E-state index in [-0.39, 0.29) is 0 Å². The van der Waals surface area contributed by atoms with Crippen LogP contribution in [0.1, 0.15) is 39.0 Å². The Morgan fingerprint density at radius 2 is 2.21 bits per heavy atom. The van der Waals surface area contributed by atoms with E-state index in [1.807, 2.05) is 0 Å². The minimum absolute atomic E-state index is 0.611. The van der Waals surface area contributed by atoms with Crippen molar-refractivity contribution in [3.63, 3.8) is 0 Å². The van der Waals surface area contributed by atoms with E-state index in [2.05, 4.69) is 17.1 Å². The smallest absolute Gasteiger partial charge is 0.0634 e. The van der Waals surface area contributed by atoms with E-state index in [1.165, 1.54) is 38.6 Å². The highest BCUT2D eigenvalue weighted by Crippen LogP contribution is 2.48. The molecular weight excluding hydrogens is 236 g/mol. The Labute approximate surface area is 118 Å². The fourth-order valence-electron chi connectivity index (χ4n) is 4.46. The van der Waals surface area contributed by atoms with E-state index in [1.54, 1.807) is 0 Å². The Bertz CT molecular complexity index is 284. The first-order chi connectivity index (χ1) is 9.36. The molecule has 2 saturated carbocycles. The van der Waals surface area contributed by atoms with E-state index in [0.717, 1.165) is 50.6 Å². The predicted octanol–water partition coefficient (Wildman–Crippen LogP) is 2.12. The van der Waals surface area contributed by atoms with Gasteiger partial charge in [-0.1, -0.05) is 13.3 Å². The molecule has 2 bridgehead atoms. The van der Waals surface area contributed by atoms with Gasteiger partial charge in [0.25, 0.3) is 0 Å². The van der Waals surface area contributed by atoms with Crippen molar-refractivity contribution < 1.29 is 4.74 Å². The number of fused-ring (bicyclic) bond motifs is 2. The van der Waals surface area contributed by atoms with Crippen molar-refractivity contribution in [1.29, 1.82) is 0 Å². The third-order valence-corrected chi connectivity index (χ3v) is 5.51. The van der Waals surface area contributed by atoms with Crippen LogP contribution < -0.4 is 5.32 Å². The number of morpholine rings is 1. The van der Waals surface area contributed by atoms with Crippen LogP contribution in [0.4, 0.5) is 0 Å². The number of rotatable bonds is 6. The number of nitrogens with zero attached hydrogens (tertiary/aromatic N) is 1. The van der Waals surface area contributed by atoms with Crippen molar-refractivity contribution in [2.24, 2.45) is 17.8 Å². The molecule has 0 aromatic heterocycles. The average Bonchev–Trinajstić information content (AvgIpc) is 3.03. The lowest BCUT2D eigenvalue weighted by atomic mass is 9.88. The first-order valence-corrected chi connectivity index (χ1v) is 8.39. The maximum absolute atomic E-state index is 5.69. The van der Waals surface area contributed by atoms with Gasteiger partial charge in [0, 0.05) is 25.7 Å². The summed E-state index contributed by atoms with van der Waals surface area (Å²) in [6, 6.07) is 0.611. The van der Waals surface area contributed by atoms with Crippen LogP contribution in [0.5, 0.6) is 0 Å². The molecule has 1 aliphatic heterocycles. The van der Waals surface area contributed by atoms with Crippen LogP contribution in [0.25, 0.3) is 0 Å². The molecule has 4 unspecified atom stereocenters. The van der Waals surface area contributed by atoms with Crippen LogP contribution in [0.2, 0.25) is 0 Å². The Morgan fingerprint density at radius 3 is 2.95 bits per heavy atom. The van der Waals surface area contributed by atoms with Crippen LogP contribution in [0, 0.1) is 17.8 Å². The van der Waals surface area contributed by atoms with E-state index < -0.39 is 0 Å². The number of nitrogens with one attached hydrogen (secondary N) is 1. The summed E-state index contributed by atoms with van der Waals surface area (Å²) < 4.78 is 5.69. The molecule has 1 N–H and O–H groups in total. The number of hydrogen-bond donors (Lipinski definition) is 1. The maximum atomic E-state index is 5.69. The third kappa shape index (κ3) is 3.32. The molecule has 3 heteroatoms. The largest absolute Gasteiger partial charge is 0.378 e. The summed E-state index contributed by atoms with van der Waals surface area (Å²) >= 11 is 0. The molecule has 0 radical (unpaired) electrons. The average molecular weight is 266 g/mol. The SMILES string of the molecule is CCCNCC1COCCN1CC1CC2CCC1C2. The molecule has 110 valence electrons. The summed E-state index contributed by atoms with van der Waals surface area (Å²) in [7, 11) is 0. The summed E-state index contributed by atoms with van der Waals surface area (Å²) in [5.74, 6) is 3.12. The number of ether oxygens (including phenoxy) is 1. The molecule has 3 fully saturated rings. The highest BCUT2D eigenvalue weighted by molar-refractivity contribution is 4.92. The molecule has 0 amide bonds. The first-order valence-electron chi connectivity index (χ1n) is 8.39. The monoisotopic (exact) mass is 266 g/mol. The molecule has 19 heavy (non-hydrogen) atoms. The highest BCUT2D eigenvalue weighted by Gasteiger charge is 2.40. The Morgan fingerprint density at radius 1 is 1.26 bits per heavy atom. The van der Waals surface area contributed by atoms with Crippen LogP contribution in [-0.4, -0.2) is 50.3 Å². The summed E-state index contributed by atoms with van der Waals surface area (Å²) in [6.45, 7) is 8.82. The molecule has 4 atom stereocenters. The topological polar surface area (TPSA) is 24.5 Å². The quantitative estimate of drug-likeness (QED) is 0.745. The molecule has 1 saturated heterocycles. The summed E-state index contributed by atoms with van der Waals surface area (Å²) in [5.41, 5.74) is 0. The third-order valence-electron chi connectivity index (χ3n) is 5.51. The van der Waals surface area contributed by atoms with E-state index in [0.29, 0.717) is 6.04 Å². The zero-order chi connectivity index (χ0) is 13.1. The van der Waals surface area contributed by atoms with Crippen molar-refractivity contribution in [3.8, 4) is 0 Å². The molecule has 3 nitrogen and oxygen atoms in total. The van der Waals surface area contributed by atoms with E-state index in [4.69, 9.17) is 4.74 Å². The van der Waals surface area contributed by atoms with Gasteiger partial charge in [-0.25, -0.2) is 0 Å². The van der Waals surface area contributed by atoms with Gasteiger partial charge in [-0.15, -0.1) is 0 Å². The van der Waals surface area contributed by atoms with Gasteiger partial charge in [0.1, 0.15) is 0 Å². The number of hydrogen-bond acceptors (Lipinski definition) is 3. The molecule has 1 heterocycles. The zero-order valence-corrected chi connectivity index (χ0v) is 12.4. The minimum Gasteiger partial charge on any atom is -0.378 e. The van der Waals surface area contributed by atoms with Crippen molar-refractivity contribution in [1.82, 2.24) is 10.2 Å². The molecule has 0 aromatic rings. The molecule has 3 rings (SSSR count). The van der Waals surface area contributed by atoms with Gasteiger partial charge < -0.3 is 10.1 Å². The molecule has 0 spiro atoms. The summed E-state index contributed by atoms with van der Waals surface area (Å²) in [4.78, 5) is 2.72. The zero-order valence-electron chi connectivity index (χ0n) is 12.4. The Kier molecular flexibility index (Phi) is 4.78. The van der Waals surface area contributed by atoms with Crippen molar-refractivity contribution >= 4 is 0 Å². The lowest BCUT2D eigenvalue weighted by Gasteiger charge is -2.38. The van der Waals surface area contributed by atoms with Gasteiger partial charge in [0.2, 0.25) is 0 Å². The van der Waals surface area contributed by atoms with E-state index >= 15 is 0 Å². The van der Waals surface area contributed by atoms with E-state index in [9.17, 15) is 0 Å². The summed E-state index contributed by atoms with van der Waals surface area (Å²) in [6.07, 6.45) is 7.30. The summed E-state index contributed by atoms with van der Waals surface area (Å²) in [5, 5.41) is 3.57. The molecular formula is C16H30N2O. The van der Waals surface area contributed by atoms with Gasteiger partial charge in [-0.2, -0.15) is 0 Å². The first kappa shape index (κ1) is 13.8. The van der Waals surface area contributed by atoms with Crippen LogP contribution in [0.3, 0.4) is 0 Å². The lowest BCUT2D eigenvalue weighted by Crippen LogP contribution is -2.52. The van der Waals surface area contributed by atoms with Gasteiger partial charge >= 0.3 is 0 Å².